The van der Waals surface area contributed by atoms with Gasteiger partial charge in [-0.05, 0) is 43.2 Å². The van der Waals surface area contributed by atoms with Crippen molar-refractivity contribution in [1.82, 2.24) is 15.3 Å². The van der Waals surface area contributed by atoms with Gasteiger partial charge in [-0.15, -0.1) is 0 Å². The maximum absolute atomic E-state index is 12.6. The van der Waals surface area contributed by atoms with Crippen molar-refractivity contribution in [2.45, 2.75) is 51.5 Å². The summed E-state index contributed by atoms with van der Waals surface area (Å²) in [6.45, 7) is 0.281. The lowest BCUT2D eigenvalue weighted by Crippen LogP contribution is -2.37. The van der Waals surface area contributed by atoms with Crippen LogP contribution in [-0.4, -0.2) is 15.9 Å². The zero-order chi connectivity index (χ0) is 17.2. The van der Waals surface area contributed by atoms with Crippen molar-refractivity contribution in [3.63, 3.8) is 0 Å². The Labute approximate surface area is 147 Å². The van der Waals surface area contributed by atoms with E-state index in [-0.39, 0.29) is 23.9 Å². The van der Waals surface area contributed by atoms with Gasteiger partial charge in [0.05, 0.1) is 17.4 Å². The van der Waals surface area contributed by atoms with E-state index in [1.807, 2.05) is 18.2 Å². The maximum Gasteiger partial charge on any atom is 0.258 e. The number of H-pyrrole nitrogens is 1. The highest BCUT2D eigenvalue weighted by molar-refractivity contribution is 5.79. The zero-order valence-electron chi connectivity index (χ0n) is 14.5. The van der Waals surface area contributed by atoms with E-state index in [0.29, 0.717) is 16.7 Å². The van der Waals surface area contributed by atoms with Crippen LogP contribution in [0.5, 0.6) is 0 Å². The molecule has 5 heteroatoms. The summed E-state index contributed by atoms with van der Waals surface area (Å²) in [6, 6.07) is 7.26. The van der Waals surface area contributed by atoms with Crippen molar-refractivity contribution in [3.05, 3.63) is 40.4 Å². The van der Waals surface area contributed by atoms with E-state index in [1.165, 1.54) is 32.1 Å². The molecule has 1 heterocycles. The Balaban J connectivity index is 1.39. The number of rotatable bonds is 3. The highest BCUT2D eigenvalue weighted by Crippen LogP contribution is 2.42. The van der Waals surface area contributed by atoms with Gasteiger partial charge in [-0.2, -0.15) is 0 Å². The Kier molecular flexibility index (Phi) is 4.55. The van der Waals surface area contributed by atoms with Gasteiger partial charge in [0, 0.05) is 5.92 Å². The lowest BCUT2D eigenvalue weighted by atomic mass is 9.67. The zero-order valence-corrected chi connectivity index (χ0v) is 14.5. The van der Waals surface area contributed by atoms with E-state index in [2.05, 4.69) is 15.3 Å². The molecule has 3 unspecified atom stereocenters. The average Bonchev–Trinajstić information content (AvgIpc) is 2.66. The smallest absolute Gasteiger partial charge is 0.258 e. The summed E-state index contributed by atoms with van der Waals surface area (Å²) in [4.78, 5) is 31.9. The number of hydrogen-bond donors (Lipinski definition) is 2. The summed E-state index contributed by atoms with van der Waals surface area (Å²) in [5.74, 6) is 2.32. The second kappa shape index (κ2) is 6.98. The third kappa shape index (κ3) is 3.46. The minimum Gasteiger partial charge on any atom is -0.349 e. The molecule has 132 valence electrons. The van der Waals surface area contributed by atoms with Crippen LogP contribution in [0.2, 0.25) is 0 Å². The van der Waals surface area contributed by atoms with E-state index in [0.717, 1.165) is 24.7 Å². The van der Waals surface area contributed by atoms with Crippen LogP contribution in [0.4, 0.5) is 0 Å². The van der Waals surface area contributed by atoms with E-state index < -0.39 is 0 Å². The highest BCUT2D eigenvalue weighted by atomic mass is 16.2. The van der Waals surface area contributed by atoms with Crippen molar-refractivity contribution >= 4 is 16.8 Å². The molecule has 0 aliphatic heterocycles. The number of carbonyl (C=O) groups is 1. The molecule has 2 saturated carbocycles. The molecule has 25 heavy (non-hydrogen) atoms. The van der Waals surface area contributed by atoms with Gasteiger partial charge in [-0.3, -0.25) is 9.59 Å². The average molecular weight is 339 g/mol. The molecule has 0 radical (unpaired) electrons. The molecular formula is C20H25N3O2. The van der Waals surface area contributed by atoms with Crippen molar-refractivity contribution in [1.29, 1.82) is 0 Å². The fraction of sp³-hybridized carbons (Fsp3) is 0.550. The lowest BCUT2D eigenvalue weighted by Gasteiger charge is -2.38. The maximum atomic E-state index is 12.6. The number of carbonyl (C=O) groups excluding carboxylic acids is 1. The molecule has 2 aliphatic carbocycles. The summed E-state index contributed by atoms with van der Waals surface area (Å²) in [5.41, 5.74) is 0.510. The Bertz CT molecular complexity index is 829. The second-order valence-corrected chi connectivity index (χ2v) is 7.56. The van der Waals surface area contributed by atoms with Gasteiger partial charge >= 0.3 is 0 Å². The number of hydrogen-bond acceptors (Lipinski definition) is 3. The van der Waals surface area contributed by atoms with Gasteiger partial charge in [0.25, 0.3) is 5.56 Å². The molecular weight excluding hydrogens is 314 g/mol. The number of para-hydroxylation sites is 1. The first-order chi connectivity index (χ1) is 12.2. The standard InChI is InChI=1S/C20H25N3O2/c24-19(15-10-9-13-5-1-2-6-14(13)11-15)21-12-18-22-17-8-4-3-7-16(17)20(25)23-18/h3-4,7-8,13-15H,1-2,5-6,9-12H2,(H,21,24)(H,22,23,25). The van der Waals surface area contributed by atoms with E-state index in [9.17, 15) is 9.59 Å². The highest BCUT2D eigenvalue weighted by Gasteiger charge is 2.34. The van der Waals surface area contributed by atoms with Crippen molar-refractivity contribution in [2.24, 2.45) is 17.8 Å². The Morgan fingerprint density at radius 1 is 1.12 bits per heavy atom. The van der Waals surface area contributed by atoms with Crippen LogP contribution in [0.3, 0.4) is 0 Å². The predicted molar refractivity (Wildman–Crippen MR) is 97.0 cm³/mol. The van der Waals surface area contributed by atoms with E-state index in [4.69, 9.17) is 0 Å². The molecule has 1 aromatic carbocycles. The van der Waals surface area contributed by atoms with Gasteiger partial charge in [-0.1, -0.05) is 37.8 Å². The SMILES string of the molecule is O=C(NCc1nc2ccccc2c(=O)[nH]1)C1CCC2CCCCC2C1. The van der Waals surface area contributed by atoms with Crippen LogP contribution in [0.15, 0.2) is 29.1 Å². The third-order valence-electron chi connectivity index (χ3n) is 6.00. The largest absolute Gasteiger partial charge is 0.349 e. The summed E-state index contributed by atoms with van der Waals surface area (Å²) in [7, 11) is 0. The van der Waals surface area contributed by atoms with Crippen LogP contribution in [0.25, 0.3) is 10.9 Å². The van der Waals surface area contributed by atoms with Crippen LogP contribution in [0, 0.1) is 17.8 Å². The number of aromatic nitrogens is 2. The molecule has 1 aromatic heterocycles. The summed E-state index contributed by atoms with van der Waals surface area (Å²) >= 11 is 0. The fourth-order valence-corrected chi connectivity index (χ4v) is 4.65. The Morgan fingerprint density at radius 2 is 1.92 bits per heavy atom. The summed E-state index contributed by atoms with van der Waals surface area (Å²) < 4.78 is 0. The molecule has 2 fully saturated rings. The molecule has 2 aliphatic rings. The topological polar surface area (TPSA) is 74.8 Å². The van der Waals surface area contributed by atoms with Gasteiger partial charge in [0.15, 0.2) is 0 Å². The Morgan fingerprint density at radius 3 is 2.80 bits per heavy atom. The number of fused-ring (bicyclic) bond motifs is 2. The van der Waals surface area contributed by atoms with Gasteiger partial charge in [-0.25, -0.2) is 4.98 Å². The van der Waals surface area contributed by atoms with Crippen LogP contribution < -0.4 is 10.9 Å². The number of amides is 1. The van der Waals surface area contributed by atoms with Crippen molar-refractivity contribution in [3.8, 4) is 0 Å². The van der Waals surface area contributed by atoms with E-state index >= 15 is 0 Å². The fourth-order valence-electron chi connectivity index (χ4n) is 4.65. The number of nitrogens with zero attached hydrogens (tertiary/aromatic N) is 1. The quantitative estimate of drug-likeness (QED) is 0.902. The molecule has 2 N–H and O–H groups in total. The number of nitrogens with one attached hydrogen (secondary N) is 2. The molecule has 4 rings (SSSR count). The minimum absolute atomic E-state index is 0.111. The van der Waals surface area contributed by atoms with Crippen molar-refractivity contribution < 1.29 is 4.79 Å². The van der Waals surface area contributed by atoms with E-state index in [1.54, 1.807) is 6.07 Å². The first-order valence-corrected chi connectivity index (χ1v) is 9.46. The predicted octanol–water partition coefficient (Wildman–Crippen LogP) is 3.15. The second-order valence-electron chi connectivity index (χ2n) is 7.56. The first-order valence-electron chi connectivity index (χ1n) is 9.46. The molecule has 5 nitrogen and oxygen atoms in total. The monoisotopic (exact) mass is 339 g/mol. The number of benzene rings is 1. The van der Waals surface area contributed by atoms with Gasteiger partial charge < -0.3 is 10.3 Å². The minimum atomic E-state index is -0.155. The molecule has 0 bridgehead atoms. The molecule has 3 atom stereocenters. The van der Waals surface area contributed by atoms with Crippen LogP contribution in [0.1, 0.15) is 50.8 Å². The summed E-state index contributed by atoms with van der Waals surface area (Å²) in [6.07, 6.45) is 8.52. The van der Waals surface area contributed by atoms with Crippen LogP contribution >= 0.6 is 0 Å². The molecule has 0 saturated heterocycles. The normalized spacial score (nSPS) is 26.2. The van der Waals surface area contributed by atoms with Gasteiger partial charge in [0.2, 0.25) is 5.91 Å². The first kappa shape index (κ1) is 16.3. The van der Waals surface area contributed by atoms with Crippen molar-refractivity contribution in [2.75, 3.05) is 0 Å². The Hall–Kier alpha value is -2.17. The summed E-state index contributed by atoms with van der Waals surface area (Å²) in [5, 5.41) is 3.56. The molecule has 0 spiro atoms. The molecule has 1 amide bonds. The number of aromatic amines is 1. The van der Waals surface area contributed by atoms with Gasteiger partial charge in [0.1, 0.15) is 5.82 Å². The van der Waals surface area contributed by atoms with Crippen LogP contribution in [-0.2, 0) is 11.3 Å². The lowest BCUT2D eigenvalue weighted by molar-refractivity contribution is -0.127. The molecule has 2 aromatic rings. The third-order valence-corrected chi connectivity index (χ3v) is 6.00.